The molecule has 0 aliphatic carbocycles. The molecule has 0 saturated carbocycles. The number of amides is 1. The molecule has 7 atom stereocenters. The SMILES string of the molecule is CC/C=C\C/C=C\C/C=C\C/C=C\C/C=C\C/C=C\CCCCCCCCCCCCC(=O)NC(COC1OC(CO)C(O)C(O)C1O)C(O)/C=C/CC/C=C/CC/C=C/CCCCCCCC. The first kappa shape index (κ1) is 62.9. The van der Waals surface area contributed by atoms with Gasteiger partial charge in [0.25, 0.3) is 0 Å². The van der Waals surface area contributed by atoms with E-state index in [9.17, 15) is 30.3 Å². The van der Waals surface area contributed by atoms with Crippen molar-refractivity contribution in [1.29, 1.82) is 0 Å². The van der Waals surface area contributed by atoms with E-state index in [1.165, 1.54) is 77.0 Å². The van der Waals surface area contributed by atoms with Crippen LogP contribution in [-0.2, 0) is 14.3 Å². The zero-order valence-electron chi connectivity index (χ0n) is 42.8. The number of rotatable bonds is 44. The number of allylic oxidation sites excluding steroid dienone is 17. The summed E-state index contributed by atoms with van der Waals surface area (Å²) in [6.45, 7) is 3.61. The number of aliphatic hydroxyl groups is 5. The molecule has 1 fully saturated rings. The van der Waals surface area contributed by atoms with E-state index in [0.29, 0.717) is 6.42 Å². The fourth-order valence-corrected chi connectivity index (χ4v) is 7.78. The van der Waals surface area contributed by atoms with Crippen LogP contribution in [0.25, 0.3) is 0 Å². The molecule has 388 valence electrons. The van der Waals surface area contributed by atoms with Crippen molar-refractivity contribution in [3.05, 3.63) is 109 Å². The molecule has 7 unspecified atom stereocenters. The lowest BCUT2D eigenvalue weighted by atomic mass is 9.99. The molecule has 9 heteroatoms. The Hall–Kier alpha value is -3.15. The molecule has 1 amide bonds. The predicted octanol–water partition coefficient (Wildman–Crippen LogP) is 13.0. The molecule has 0 spiro atoms. The van der Waals surface area contributed by atoms with Gasteiger partial charge < -0.3 is 40.3 Å². The quantitative estimate of drug-likeness (QED) is 0.0261. The van der Waals surface area contributed by atoms with Crippen molar-refractivity contribution in [2.75, 3.05) is 13.2 Å². The van der Waals surface area contributed by atoms with Gasteiger partial charge in [0.15, 0.2) is 6.29 Å². The highest BCUT2D eigenvalue weighted by Crippen LogP contribution is 2.22. The lowest BCUT2D eigenvalue weighted by Gasteiger charge is -2.40. The molecule has 1 rings (SSSR count). The zero-order chi connectivity index (χ0) is 49.4. The molecule has 0 bridgehead atoms. The molecule has 0 aromatic carbocycles. The normalized spacial score (nSPS) is 20.5. The second-order valence-electron chi connectivity index (χ2n) is 18.3. The summed E-state index contributed by atoms with van der Waals surface area (Å²) in [5, 5.41) is 54.4. The number of nitrogens with one attached hydrogen (secondary N) is 1. The number of carbonyl (C=O) groups is 1. The highest BCUT2D eigenvalue weighted by atomic mass is 16.7. The lowest BCUT2D eigenvalue weighted by molar-refractivity contribution is -0.302. The van der Waals surface area contributed by atoms with Crippen molar-refractivity contribution < 1.29 is 39.8 Å². The predicted molar refractivity (Wildman–Crippen MR) is 285 cm³/mol. The van der Waals surface area contributed by atoms with E-state index in [1.54, 1.807) is 6.08 Å². The van der Waals surface area contributed by atoms with Crippen molar-refractivity contribution in [2.24, 2.45) is 0 Å². The molecule has 9 nitrogen and oxygen atoms in total. The smallest absolute Gasteiger partial charge is 0.220 e. The fraction of sp³-hybridized carbons (Fsp3) is 0.678. The summed E-state index contributed by atoms with van der Waals surface area (Å²) < 4.78 is 11.2. The van der Waals surface area contributed by atoms with Crippen LogP contribution in [0.5, 0.6) is 0 Å². The van der Waals surface area contributed by atoms with Gasteiger partial charge in [0.2, 0.25) is 5.91 Å². The van der Waals surface area contributed by atoms with Crippen LogP contribution in [0.1, 0.15) is 200 Å². The van der Waals surface area contributed by atoms with Crippen molar-refractivity contribution in [3.8, 4) is 0 Å². The Morgan fingerprint density at radius 2 is 0.926 bits per heavy atom. The van der Waals surface area contributed by atoms with E-state index in [-0.39, 0.29) is 12.5 Å². The number of hydrogen-bond donors (Lipinski definition) is 6. The van der Waals surface area contributed by atoms with E-state index in [0.717, 1.165) is 103 Å². The van der Waals surface area contributed by atoms with Crippen molar-refractivity contribution >= 4 is 5.91 Å². The van der Waals surface area contributed by atoms with Crippen LogP contribution >= 0.6 is 0 Å². The van der Waals surface area contributed by atoms with Gasteiger partial charge in [-0.3, -0.25) is 4.79 Å². The Morgan fingerprint density at radius 1 is 0.515 bits per heavy atom. The average Bonchev–Trinajstić information content (AvgIpc) is 3.34. The molecule has 1 saturated heterocycles. The molecular weight excluding hydrogens is 851 g/mol. The van der Waals surface area contributed by atoms with Gasteiger partial charge in [0.05, 0.1) is 25.4 Å². The molecular formula is C59H99NO8. The van der Waals surface area contributed by atoms with Gasteiger partial charge in [0, 0.05) is 6.42 Å². The summed E-state index contributed by atoms with van der Waals surface area (Å²) in [5.74, 6) is -0.201. The number of ether oxygens (including phenoxy) is 2. The lowest BCUT2D eigenvalue weighted by Crippen LogP contribution is -2.60. The number of aliphatic hydroxyl groups excluding tert-OH is 5. The first-order valence-electron chi connectivity index (χ1n) is 27.1. The van der Waals surface area contributed by atoms with Gasteiger partial charge in [-0.25, -0.2) is 0 Å². The van der Waals surface area contributed by atoms with Crippen LogP contribution < -0.4 is 5.32 Å². The Morgan fingerprint density at radius 3 is 1.41 bits per heavy atom. The van der Waals surface area contributed by atoms with Crippen LogP contribution in [0.3, 0.4) is 0 Å². The maximum Gasteiger partial charge on any atom is 0.220 e. The second-order valence-corrected chi connectivity index (χ2v) is 18.3. The van der Waals surface area contributed by atoms with E-state index >= 15 is 0 Å². The minimum atomic E-state index is -1.58. The Balaban J connectivity index is 2.27. The maximum atomic E-state index is 13.0. The van der Waals surface area contributed by atoms with E-state index < -0.39 is 49.5 Å². The highest BCUT2D eigenvalue weighted by Gasteiger charge is 2.44. The van der Waals surface area contributed by atoms with Crippen LogP contribution in [-0.4, -0.2) is 87.5 Å². The molecule has 1 aliphatic rings. The molecule has 6 N–H and O–H groups in total. The van der Waals surface area contributed by atoms with Crippen molar-refractivity contribution in [1.82, 2.24) is 5.32 Å². The van der Waals surface area contributed by atoms with Gasteiger partial charge in [-0.05, 0) is 96.3 Å². The molecule has 0 radical (unpaired) electrons. The Bertz CT molecular complexity index is 1430. The average molecular weight is 950 g/mol. The molecule has 0 aromatic heterocycles. The van der Waals surface area contributed by atoms with Crippen LogP contribution in [0.15, 0.2) is 109 Å². The minimum Gasteiger partial charge on any atom is -0.394 e. The Labute approximate surface area is 415 Å². The second kappa shape index (κ2) is 47.5. The van der Waals surface area contributed by atoms with E-state index in [1.807, 2.05) is 6.08 Å². The van der Waals surface area contributed by atoms with Gasteiger partial charge in [-0.15, -0.1) is 0 Å². The molecule has 1 aliphatic heterocycles. The highest BCUT2D eigenvalue weighted by molar-refractivity contribution is 5.76. The standard InChI is InChI=1S/C59H99NO8/c1-3-5-7-9-11-13-15-17-19-21-22-23-24-25-26-27-28-29-30-31-32-33-35-37-39-41-43-45-47-49-55(63)60-52(51-67-59-58(66)57(65)56(64)54(50-61)68-59)53(62)48-46-44-42-40-38-36-34-20-18-16-14-12-10-8-6-4-2/h5,7,11,13,17-20,22-23,25-26,28-29,38,40,46,48,52-54,56-59,61-62,64-66H,3-4,6,8-10,12,14-16,21,24,27,30-37,39,41-45,47,49-51H2,1-2H3,(H,60,63)/b7-5-,13-11-,19-17-,20-18+,23-22-,26-25-,29-28-,40-38+,48-46+. The number of carbonyl (C=O) groups excluding carboxylic acids is 1. The monoisotopic (exact) mass is 950 g/mol. The maximum absolute atomic E-state index is 13.0. The third-order valence-corrected chi connectivity index (χ3v) is 12.1. The van der Waals surface area contributed by atoms with Crippen LogP contribution in [0.2, 0.25) is 0 Å². The number of hydrogen-bond acceptors (Lipinski definition) is 8. The summed E-state index contributed by atoms with van der Waals surface area (Å²) in [4.78, 5) is 13.0. The molecule has 1 heterocycles. The van der Waals surface area contributed by atoms with Crippen molar-refractivity contribution in [2.45, 2.75) is 243 Å². The third kappa shape index (κ3) is 36.8. The van der Waals surface area contributed by atoms with Gasteiger partial charge in [-0.2, -0.15) is 0 Å². The fourth-order valence-electron chi connectivity index (χ4n) is 7.78. The minimum absolute atomic E-state index is 0.201. The summed E-state index contributed by atoms with van der Waals surface area (Å²) in [6.07, 6.45) is 62.8. The van der Waals surface area contributed by atoms with Gasteiger partial charge in [0.1, 0.15) is 24.4 Å². The largest absolute Gasteiger partial charge is 0.394 e. The van der Waals surface area contributed by atoms with Gasteiger partial charge >= 0.3 is 0 Å². The summed E-state index contributed by atoms with van der Waals surface area (Å²) >= 11 is 0. The van der Waals surface area contributed by atoms with Crippen LogP contribution in [0, 0.1) is 0 Å². The first-order valence-corrected chi connectivity index (χ1v) is 27.1. The Kier molecular flexibility index (Phi) is 43.9. The van der Waals surface area contributed by atoms with Crippen molar-refractivity contribution in [3.63, 3.8) is 0 Å². The molecule has 0 aromatic rings. The van der Waals surface area contributed by atoms with E-state index in [2.05, 4.69) is 116 Å². The first-order chi connectivity index (χ1) is 33.3. The topological polar surface area (TPSA) is 149 Å². The summed E-state index contributed by atoms with van der Waals surface area (Å²) in [5.41, 5.74) is 0. The summed E-state index contributed by atoms with van der Waals surface area (Å²) in [7, 11) is 0. The zero-order valence-corrected chi connectivity index (χ0v) is 42.8. The molecule has 68 heavy (non-hydrogen) atoms. The van der Waals surface area contributed by atoms with E-state index in [4.69, 9.17) is 9.47 Å². The third-order valence-electron chi connectivity index (χ3n) is 12.1. The van der Waals surface area contributed by atoms with Gasteiger partial charge in [-0.1, -0.05) is 207 Å². The van der Waals surface area contributed by atoms with Crippen LogP contribution in [0.4, 0.5) is 0 Å². The summed E-state index contributed by atoms with van der Waals surface area (Å²) in [6, 6.07) is -0.838. The number of unbranched alkanes of at least 4 members (excludes halogenated alkanes) is 18.